The first kappa shape index (κ1) is 25.4. The number of carboxylic acids is 1. The van der Waals surface area contributed by atoms with Gasteiger partial charge in [-0.3, -0.25) is 19.3 Å². The van der Waals surface area contributed by atoms with Gasteiger partial charge in [0, 0.05) is 24.8 Å². The maximum absolute atomic E-state index is 12.6. The molecule has 1 aromatic rings. The molecule has 10 nitrogen and oxygen atoms in total. The Balaban J connectivity index is 0.00000114. The summed E-state index contributed by atoms with van der Waals surface area (Å²) in [6.07, 6.45) is 0.0649. The molecule has 1 fully saturated rings. The Morgan fingerprint density at radius 1 is 1.28 bits per heavy atom. The van der Waals surface area contributed by atoms with E-state index in [4.69, 9.17) is 10.5 Å². The number of hydrogen-bond acceptors (Lipinski definition) is 8. The van der Waals surface area contributed by atoms with Gasteiger partial charge in [0.05, 0.1) is 32.2 Å². The number of amides is 2. The minimum Gasteiger partial charge on any atom is -0.543 e. The van der Waals surface area contributed by atoms with E-state index in [1.807, 2.05) is 31.5 Å². The number of carbonyl (C=O) groups excluding carboxylic acids is 4. The van der Waals surface area contributed by atoms with Crippen LogP contribution in [-0.4, -0.2) is 66.5 Å². The predicted octanol–water partition coefficient (Wildman–Crippen LogP) is -2.54. The van der Waals surface area contributed by atoms with Crippen LogP contribution in [0.3, 0.4) is 0 Å². The minimum absolute atomic E-state index is 0.0649. The highest BCUT2D eigenvalue weighted by atomic mass is 32.2. The predicted molar refractivity (Wildman–Crippen MR) is 115 cm³/mol. The van der Waals surface area contributed by atoms with Crippen LogP contribution in [0.5, 0.6) is 0 Å². The SMILES string of the molecule is CC(=O)OCC1=C(C(=O)[O-])N2C(=O)[C@H](NC(=O)Cc3ccccc3CN)[C@H]2SC1.C[NH2+]C. The number of thioether (sulfide) groups is 1. The van der Waals surface area contributed by atoms with Crippen LogP contribution >= 0.6 is 11.8 Å². The van der Waals surface area contributed by atoms with Gasteiger partial charge in [-0.1, -0.05) is 24.3 Å². The summed E-state index contributed by atoms with van der Waals surface area (Å²) in [5.41, 5.74) is 7.29. The Morgan fingerprint density at radius 2 is 1.91 bits per heavy atom. The van der Waals surface area contributed by atoms with Crippen molar-refractivity contribution in [1.82, 2.24) is 10.2 Å². The standard InChI is InChI=1S/C19H21N3O6S.C2H7N/c1-10(23)28-8-13-9-29-18-15(17(25)22(18)16(13)19(26)27)21-14(24)6-11-4-2-3-5-12(11)7-20;1-3-2/h2-5,15,18H,6-9,20H2,1H3,(H,21,24)(H,26,27);3H,1-2H3/t15-,18+;/m0./s1. The summed E-state index contributed by atoms with van der Waals surface area (Å²) in [4.78, 5) is 48.6. The molecule has 0 aromatic heterocycles. The molecule has 0 saturated carbocycles. The van der Waals surface area contributed by atoms with Crippen molar-refractivity contribution in [2.75, 3.05) is 26.5 Å². The zero-order valence-electron chi connectivity index (χ0n) is 18.3. The third-order valence-electron chi connectivity index (χ3n) is 4.70. The van der Waals surface area contributed by atoms with E-state index < -0.39 is 29.3 Å². The highest BCUT2D eigenvalue weighted by molar-refractivity contribution is 8.00. The first-order valence-corrected chi connectivity index (χ1v) is 11.1. The molecule has 2 aliphatic rings. The summed E-state index contributed by atoms with van der Waals surface area (Å²) in [6, 6.07) is 6.43. The number of β-lactam (4-membered cyclic amide) rings is 1. The molecular weight excluding hydrogens is 436 g/mol. The molecule has 1 saturated heterocycles. The van der Waals surface area contributed by atoms with E-state index in [1.54, 1.807) is 12.1 Å². The van der Waals surface area contributed by atoms with Crippen LogP contribution in [0.4, 0.5) is 0 Å². The number of ether oxygens (including phenoxy) is 1. The highest BCUT2D eigenvalue weighted by Crippen LogP contribution is 2.40. The van der Waals surface area contributed by atoms with Crippen molar-refractivity contribution in [3.05, 3.63) is 46.7 Å². The van der Waals surface area contributed by atoms with Crippen molar-refractivity contribution >= 4 is 35.5 Å². The van der Waals surface area contributed by atoms with Gasteiger partial charge in [0.25, 0.3) is 5.91 Å². The number of rotatable bonds is 7. The summed E-state index contributed by atoms with van der Waals surface area (Å²) < 4.78 is 4.87. The molecule has 5 N–H and O–H groups in total. The van der Waals surface area contributed by atoms with Crippen LogP contribution in [0, 0.1) is 0 Å². The summed E-state index contributed by atoms with van der Waals surface area (Å²) in [7, 11) is 4.00. The van der Waals surface area contributed by atoms with Crippen molar-refractivity contribution in [3.63, 3.8) is 0 Å². The zero-order valence-corrected chi connectivity index (χ0v) is 19.1. The van der Waals surface area contributed by atoms with Gasteiger partial charge >= 0.3 is 5.97 Å². The number of hydrogen-bond donors (Lipinski definition) is 3. The quantitative estimate of drug-likeness (QED) is 0.294. The van der Waals surface area contributed by atoms with Gasteiger partial charge in [-0.2, -0.15) is 0 Å². The summed E-state index contributed by atoms with van der Waals surface area (Å²) >= 11 is 1.29. The maximum atomic E-state index is 12.6. The number of nitrogens with zero attached hydrogens (tertiary/aromatic N) is 1. The molecule has 0 spiro atoms. The van der Waals surface area contributed by atoms with Crippen molar-refractivity contribution < 1.29 is 34.3 Å². The molecule has 0 aliphatic carbocycles. The van der Waals surface area contributed by atoms with E-state index in [0.717, 1.165) is 16.0 Å². The van der Waals surface area contributed by atoms with E-state index in [-0.39, 0.29) is 36.0 Å². The Hall–Kier alpha value is -2.89. The van der Waals surface area contributed by atoms with E-state index in [2.05, 4.69) is 5.32 Å². The second-order valence-electron chi connectivity index (χ2n) is 7.20. The van der Waals surface area contributed by atoms with Gasteiger partial charge in [0.1, 0.15) is 18.0 Å². The Bertz CT molecular complexity index is 919. The summed E-state index contributed by atoms with van der Waals surface area (Å²) in [6.45, 7) is 1.28. The van der Waals surface area contributed by atoms with Gasteiger partial charge in [0.15, 0.2) is 0 Å². The number of esters is 1. The Labute approximate surface area is 190 Å². The van der Waals surface area contributed by atoms with Crippen molar-refractivity contribution in [3.8, 4) is 0 Å². The van der Waals surface area contributed by atoms with Crippen LogP contribution in [0.15, 0.2) is 35.5 Å². The van der Waals surface area contributed by atoms with Crippen LogP contribution < -0.4 is 21.5 Å². The molecule has 2 amide bonds. The molecule has 1 aromatic carbocycles. The monoisotopic (exact) mass is 464 g/mol. The first-order valence-electron chi connectivity index (χ1n) is 10.1. The van der Waals surface area contributed by atoms with Gasteiger partial charge in [0.2, 0.25) is 5.91 Å². The molecule has 11 heteroatoms. The minimum atomic E-state index is -1.52. The van der Waals surface area contributed by atoms with Gasteiger partial charge < -0.3 is 31.0 Å². The van der Waals surface area contributed by atoms with Gasteiger partial charge in [-0.05, 0) is 11.1 Å². The van der Waals surface area contributed by atoms with E-state index in [9.17, 15) is 24.3 Å². The Kier molecular flexibility index (Phi) is 9.24. The smallest absolute Gasteiger partial charge is 0.302 e. The van der Waals surface area contributed by atoms with Crippen molar-refractivity contribution in [2.24, 2.45) is 5.73 Å². The van der Waals surface area contributed by atoms with Gasteiger partial charge in [-0.15, -0.1) is 11.8 Å². The van der Waals surface area contributed by atoms with Crippen LogP contribution in [-0.2, 0) is 36.9 Å². The van der Waals surface area contributed by atoms with Crippen molar-refractivity contribution in [1.29, 1.82) is 0 Å². The largest absolute Gasteiger partial charge is 0.543 e. The summed E-state index contributed by atoms with van der Waals surface area (Å²) in [5.74, 6) is -2.73. The molecule has 2 aliphatic heterocycles. The lowest BCUT2D eigenvalue weighted by molar-refractivity contribution is -0.597. The first-order chi connectivity index (χ1) is 15.2. The normalized spacial score (nSPS) is 19.2. The number of fused-ring (bicyclic) bond motifs is 1. The fourth-order valence-corrected chi connectivity index (χ4v) is 4.63. The number of quaternary nitrogens is 1. The average Bonchev–Trinajstić information content (AvgIpc) is 2.76. The molecule has 0 unspecified atom stereocenters. The summed E-state index contributed by atoms with van der Waals surface area (Å²) in [5, 5.41) is 15.7. The lowest BCUT2D eigenvalue weighted by Gasteiger charge is -2.50. The number of nitrogens with one attached hydrogen (secondary N) is 1. The van der Waals surface area contributed by atoms with Crippen molar-refractivity contribution in [2.45, 2.75) is 31.3 Å². The van der Waals surface area contributed by atoms with Crippen LogP contribution in [0.25, 0.3) is 0 Å². The maximum Gasteiger partial charge on any atom is 0.302 e. The van der Waals surface area contributed by atoms with Crippen LogP contribution in [0.1, 0.15) is 18.1 Å². The molecule has 32 heavy (non-hydrogen) atoms. The zero-order chi connectivity index (χ0) is 23.8. The third-order valence-corrected chi connectivity index (χ3v) is 6.04. The number of nitrogens with two attached hydrogens (primary N) is 2. The molecule has 2 atom stereocenters. The molecule has 174 valence electrons. The van der Waals surface area contributed by atoms with E-state index >= 15 is 0 Å². The Morgan fingerprint density at radius 3 is 2.47 bits per heavy atom. The molecule has 3 rings (SSSR count). The third kappa shape index (κ3) is 5.87. The number of carboxylic acid groups (broad SMARTS) is 1. The number of carbonyl (C=O) groups is 4. The molecule has 0 radical (unpaired) electrons. The highest BCUT2D eigenvalue weighted by Gasteiger charge is 2.52. The average molecular weight is 465 g/mol. The molecule has 2 heterocycles. The fourth-order valence-electron chi connectivity index (χ4n) is 3.30. The lowest BCUT2D eigenvalue weighted by atomic mass is 10.0. The van der Waals surface area contributed by atoms with Gasteiger partial charge in [-0.25, -0.2) is 0 Å². The fraction of sp³-hybridized carbons (Fsp3) is 0.429. The second kappa shape index (κ2) is 11.7. The topological polar surface area (TPSA) is 158 Å². The molecule has 0 bridgehead atoms. The number of aliphatic carboxylic acids is 1. The van der Waals surface area contributed by atoms with Crippen LogP contribution in [0.2, 0.25) is 0 Å². The second-order valence-corrected chi connectivity index (χ2v) is 8.31. The number of benzene rings is 1. The molecular formula is C21H28N4O6S. The lowest BCUT2D eigenvalue weighted by Crippen LogP contribution is -2.74. The van der Waals surface area contributed by atoms with E-state index in [1.165, 1.54) is 18.7 Å². The van der Waals surface area contributed by atoms with E-state index in [0.29, 0.717) is 6.54 Å².